The fourth-order valence-corrected chi connectivity index (χ4v) is 4.54. The summed E-state index contributed by atoms with van der Waals surface area (Å²) in [5.74, 6) is 1.99. The van der Waals surface area contributed by atoms with Gasteiger partial charge in [-0.1, -0.05) is 25.0 Å². The number of hydrogen-bond donors (Lipinski definition) is 1. The van der Waals surface area contributed by atoms with Crippen LogP contribution >= 0.6 is 0 Å². The molecular weight excluding hydrogens is 292 g/mol. The van der Waals surface area contributed by atoms with Gasteiger partial charge in [-0.15, -0.1) is 0 Å². The van der Waals surface area contributed by atoms with E-state index in [4.69, 9.17) is 9.47 Å². The number of carbonyl (C=O) groups is 1. The molecule has 4 atom stereocenters. The lowest BCUT2D eigenvalue weighted by Gasteiger charge is -2.43. The van der Waals surface area contributed by atoms with Crippen LogP contribution < -0.4 is 9.47 Å². The van der Waals surface area contributed by atoms with Crippen LogP contribution in [0.2, 0.25) is 0 Å². The number of fused-ring (bicyclic) bond motifs is 2. The number of aliphatic hydroxyl groups is 1. The summed E-state index contributed by atoms with van der Waals surface area (Å²) >= 11 is 0. The van der Waals surface area contributed by atoms with Crippen molar-refractivity contribution in [3.63, 3.8) is 0 Å². The summed E-state index contributed by atoms with van der Waals surface area (Å²) < 4.78 is 10.8. The van der Waals surface area contributed by atoms with E-state index in [2.05, 4.69) is 0 Å². The Kier molecular flexibility index (Phi) is 3.64. The number of allylic oxidation sites excluding steroid dienone is 1. The van der Waals surface area contributed by atoms with E-state index in [9.17, 15) is 9.90 Å². The van der Waals surface area contributed by atoms with Crippen molar-refractivity contribution in [3.05, 3.63) is 29.8 Å². The van der Waals surface area contributed by atoms with Crippen LogP contribution in [-0.4, -0.2) is 23.8 Å². The first-order chi connectivity index (χ1) is 11.1. The molecule has 1 aliphatic heterocycles. The Morgan fingerprint density at radius 2 is 1.87 bits per heavy atom. The van der Waals surface area contributed by atoms with Gasteiger partial charge in [0, 0.05) is 5.92 Å². The molecule has 0 spiro atoms. The quantitative estimate of drug-likeness (QED) is 0.911. The molecule has 122 valence electrons. The first-order valence-electron chi connectivity index (χ1n) is 8.45. The lowest BCUT2D eigenvalue weighted by Crippen LogP contribution is -2.41. The molecule has 1 fully saturated rings. The van der Waals surface area contributed by atoms with Crippen molar-refractivity contribution in [1.29, 1.82) is 0 Å². The molecule has 1 saturated carbocycles. The van der Waals surface area contributed by atoms with Crippen molar-refractivity contribution in [2.24, 2.45) is 17.8 Å². The zero-order chi connectivity index (χ0) is 16.0. The molecule has 0 amide bonds. The smallest absolute Gasteiger partial charge is 0.231 e. The first-order valence-corrected chi connectivity index (χ1v) is 8.45. The van der Waals surface area contributed by atoms with E-state index in [-0.39, 0.29) is 30.3 Å². The third-order valence-corrected chi connectivity index (χ3v) is 5.57. The van der Waals surface area contributed by atoms with E-state index in [1.54, 1.807) is 6.92 Å². The average Bonchev–Trinajstić information content (AvgIpc) is 3.02. The van der Waals surface area contributed by atoms with E-state index < -0.39 is 6.10 Å². The standard InChI is InChI=1S/C19H22O4/c1-11(20)19-14-5-3-2-4-13(14)16(21)9-15(19)12-6-7-17-18(8-12)23-10-22-17/h6-9,13-14,16,19,21H,2-5,10H2,1H3/t13-,14-,16+,19+/m1/s1. The highest BCUT2D eigenvalue weighted by atomic mass is 16.7. The van der Waals surface area contributed by atoms with E-state index in [0.29, 0.717) is 5.75 Å². The van der Waals surface area contributed by atoms with Gasteiger partial charge in [0.25, 0.3) is 0 Å². The Hall–Kier alpha value is -1.81. The molecule has 4 nitrogen and oxygen atoms in total. The molecular formula is C19H22O4. The maximum atomic E-state index is 12.4. The van der Waals surface area contributed by atoms with Gasteiger partial charge in [0.15, 0.2) is 11.5 Å². The van der Waals surface area contributed by atoms with Crippen LogP contribution in [0.15, 0.2) is 24.3 Å². The Balaban J connectivity index is 1.77. The van der Waals surface area contributed by atoms with Crippen molar-refractivity contribution in [2.75, 3.05) is 6.79 Å². The SMILES string of the molecule is CC(=O)[C@@H]1C(c2ccc3c(c2)OCO3)=C[C@H](O)[C@@H]2CCCC[C@@H]12. The van der Waals surface area contributed by atoms with E-state index in [0.717, 1.165) is 42.6 Å². The van der Waals surface area contributed by atoms with Gasteiger partial charge in [0.05, 0.1) is 6.10 Å². The Morgan fingerprint density at radius 3 is 2.65 bits per heavy atom. The minimum atomic E-state index is -0.462. The molecule has 1 N–H and O–H groups in total. The largest absolute Gasteiger partial charge is 0.454 e. The van der Waals surface area contributed by atoms with Crippen molar-refractivity contribution < 1.29 is 19.4 Å². The summed E-state index contributed by atoms with van der Waals surface area (Å²) in [4.78, 5) is 12.4. The third-order valence-electron chi connectivity index (χ3n) is 5.57. The minimum absolute atomic E-state index is 0.121. The molecule has 0 unspecified atom stereocenters. The fourth-order valence-electron chi connectivity index (χ4n) is 4.54. The number of benzene rings is 1. The molecule has 0 bridgehead atoms. The molecule has 2 aliphatic carbocycles. The summed E-state index contributed by atoms with van der Waals surface area (Å²) in [5, 5.41) is 10.6. The lowest BCUT2D eigenvalue weighted by atomic mass is 9.62. The first kappa shape index (κ1) is 14.8. The van der Waals surface area contributed by atoms with Gasteiger partial charge in [-0.05, 0) is 54.9 Å². The zero-order valence-corrected chi connectivity index (χ0v) is 13.3. The summed E-state index contributed by atoms with van der Waals surface area (Å²) in [6.07, 6.45) is 5.77. The van der Waals surface area contributed by atoms with Crippen molar-refractivity contribution in [3.8, 4) is 11.5 Å². The molecule has 0 aromatic heterocycles. The van der Waals surface area contributed by atoms with Gasteiger partial charge >= 0.3 is 0 Å². The number of Topliss-reactive ketones (excluding diaryl/α,β-unsaturated/α-hetero) is 1. The number of carbonyl (C=O) groups excluding carboxylic acids is 1. The molecule has 23 heavy (non-hydrogen) atoms. The topological polar surface area (TPSA) is 55.8 Å². The summed E-state index contributed by atoms with van der Waals surface area (Å²) in [5.41, 5.74) is 1.91. The number of ether oxygens (including phenoxy) is 2. The second-order valence-corrected chi connectivity index (χ2v) is 6.88. The molecule has 4 rings (SSSR count). The van der Waals surface area contributed by atoms with Crippen molar-refractivity contribution >= 4 is 11.4 Å². The molecule has 1 heterocycles. The highest BCUT2D eigenvalue weighted by Crippen LogP contribution is 2.48. The maximum Gasteiger partial charge on any atom is 0.231 e. The van der Waals surface area contributed by atoms with Crippen molar-refractivity contribution in [2.45, 2.75) is 38.7 Å². The molecule has 4 heteroatoms. The maximum absolute atomic E-state index is 12.4. The monoisotopic (exact) mass is 314 g/mol. The lowest BCUT2D eigenvalue weighted by molar-refractivity contribution is -0.122. The molecule has 3 aliphatic rings. The number of hydrogen-bond acceptors (Lipinski definition) is 4. The predicted molar refractivity (Wildman–Crippen MR) is 86.2 cm³/mol. The van der Waals surface area contributed by atoms with Crippen LogP contribution in [-0.2, 0) is 4.79 Å². The summed E-state index contributed by atoms with van der Waals surface area (Å²) in [7, 11) is 0. The zero-order valence-electron chi connectivity index (χ0n) is 13.3. The van der Waals surface area contributed by atoms with Gasteiger partial charge in [-0.25, -0.2) is 0 Å². The number of ketones is 1. The summed E-state index contributed by atoms with van der Waals surface area (Å²) in [6, 6.07) is 5.78. The molecule has 1 aromatic rings. The van der Waals surface area contributed by atoms with Gasteiger partial charge in [0.1, 0.15) is 5.78 Å². The third kappa shape index (κ3) is 2.45. The second-order valence-electron chi connectivity index (χ2n) is 6.88. The number of rotatable bonds is 2. The van der Waals surface area contributed by atoms with Gasteiger partial charge in [-0.2, -0.15) is 0 Å². The molecule has 0 radical (unpaired) electrons. The van der Waals surface area contributed by atoms with Gasteiger partial charge in [-0.3, -0.25) is 4.79 Å². The highest BCUT2D eigenvalue weighted by molar-refractivity contribution is 5.93. The average molecular weight is 314 g/mol. The minimum Gasteiger partial charge on any atom is -0.454 e. The number of aliphatic hydroxyl groups excluding tert-OH is 1. The van der Waals surface area contributed by atoms with E-state index >= 15 is 0 Å². The van der Waals surface area contributed by atoms with Crippen molar-refractivity contribution in [1.82, 2.24) is 0 Å². The Labute approximate surface area is 136 Å². The van der Waals surface area contributed by atoms with Crippen LogP contribution in [0.25, 0.3) is 5.57 Å². The van der Waals surface area contributed by atoms with Crippen LogP contribution in [0.4, 0.5) is 0 Å². The van der Waals surface area contributed by atoms with Crippen LogP contribution in [0.3, 0.4) is 0 Å². The van der Waals surface area contributed by atoms with E-state index in [1.807, 2.05) is 24.3 Å². The Morgan fingerprint density at radius 1 is 1.13 bits per heavy atom. The van der Waals surface area contributed by atoms with E-state index in [1.165, 1.54) is 0 Å². The van der Waals surface area contributed by atoms with Crippen LogP contribution in [0.1, 0.15) is 38.2 Å². The Bertz CT molecular complexity index is 663. The molecule has 1 aromatic carbocycles. The van der Waals surface area contributed by atoms with Crippen LogP contribution in [0, 0.1) is 17.8 Å². The second kappa shape index (κ2) is 5.68. The molecule has 0 saturated heterocycles. The normalized spacial score (nSPS) is 32.2. The van der Waals surface area contributed by atoms with Gasteiger partial charge < -0.3 is 14.6 Å². The predicted octanol–water partition coefficient (Wildman–Crippen LogP) is 3.18. The summed E-state index contributed by atoms with van der Waals surface area (Å²) in [6.45, 7) is 1.91. The highest BCUT2D eigenvalue weighted by Gasteiger charge is 2.43. The fraction of sp³-hybridized carbons (Fsp3) is 0.526. The van der Waals surface area contributed by atoms with Gasteiger partial charge in [0.2, 0.25) is 6.79 Å². The van der Waals surface area contributed by atoms with Crippen LogP contribution in [0.5, 0.6) is 11.5 Å².